The van der Waals surface area contributed by atoms with E-state index in [1.54, 1.807) is 11.0 Å². The number of carbonyl (C=O) groups excluding carboxylic acids is 1. The number of allylic oxidation sites excluding steroid dienone is 2. The minimum absolute atomic E-state index is 0.0795. The van der Waals surface area contributed by atoms with E-state index in [-0.39, 0.29) is 5.91 Å². The third-order valence-corrected chi connectivity index (χ3v) is 3.11. The lowest BCUT2D eigenvalue weighted by Crippen LogP contribution is -2.41. The Bertz CT molecular complexity index is 336. The second kappa shape index (κ2) is 6.23. The van der Waals surface area contributed by atoms with E-state index in [9.17, 15) is 9.59 Å². The Labute approximate surface area is 102 Å². The lowest BCUT2D eigenvalue weighted by Gasteiger charge is -2.29. The Kier molecular flexibility index (Phi) is 4.94. The van der Waals surface area contributed by atoms with Crippen molar-refractivity contribution in [3.63, 3.8) is 0 Å². The molecule has 94 valence electrons. The monoisotopic (exact) mass is 237 g/mol. The Morgan fingerprint density at radius 1 is 1.41 bits per heavy atom. The van der Waals surface area contributed by atoms with Crippen molar-refractivity contribution in [3.8, 4) is 0 Å². The van der Waals surface area contributed by atoms with Crippen molar-refractivity contribution in [2.75, 3.05) is 13.1 Å². The molecule has 0 radical (unpaired) electrons. The first-order chi connectivity index (χ1) is 8.11. The van der Waals surface area contributed by atoms with Crippen LogP contribution in [-0.4, -0.2) is 35.0 Å². The van der Waals surface area contributed by atoms with Gasteiger partial charge in [0.15, 0.2) is 0 Å². The molecular formula is C13H19NO3. The SMILES string of the molecule is C=CCN(CC)C(=O)C1CC=CCC1C(=O)O. The number of carboxylic acid groups (broad SMARTS) is 1. The number of likely N-dealkylation sites (N-methyl/N-ethyl adjacent to an activating group) is 1. The van der Waals surface area contributed by atoms with Crippen molar-refractivity contribution < 1.29 is 14.7 Å². The second-order valence-corrected chi connectivity index (χ2v) is 4.16. The molecular weight excluding hydrogens is 218 g/mol. The molecule has 1 amide bonds. The molecule has 0 aliphatic heterocycles. The molecule has 1 aliphatic rings. The first-order valence-electron chi connectivity index (χ1n) is 5.89. The molecule has 2 atom stereocenters. The maximum Gasteiger partial charge on any atom is 0.307 e. The summed E-state index contributed by atoms with van der Waals surface area (Å²) < 4.78 is 0. The number of hydrogen-bond acceptors (Lipinski definition) is 2. The molecule has 4 nitrogen and oxygen atoms in total. The van der Waals surface area contributed by atoms with Crippen LogP contribution in [0.2, 0.25) is 0 Å². The van der Waals surface area contributed by atoms with Crippen LogP contribution in [0.1, 0.15) is 19.8 Å². The van der Waals surface area contributed by atoms with Gasteiger partial charge in [-0.05, 0) is 19.8 Å². The summed E-state index contributed by atoms with van der Waals surface area (Å²) in [5.41, 5.74) is 0. The quantitative estimate of drug-likeness (QED) is 0.740. The van der Waals surface area contributed by atoms with Crippen LogP contribution in [0.15, 0.2) is 24.8 Å². The molecule has 0 aromatic heterocycles. The van der Waals surface area contributed by atoms with Crippen molar-refractivity contribution in [1.82, 2.24) is 4.90 Å². The summed E-state index contributed by atoms with van der Waals surface area (Å²) in [5, 5.41) is 9.12. The summed E-state index contributed by atoms with van der Waals surface area (Å²) in [7, 11) is 0. The van der Waals surface area contributed by atoms with Crippen molar-refractivity contribution in [2.24, 2.45) is 11.8 Å². The van der Waals surface area contributed by atoms with E-state index >= 15 is 0 Å². The normalized spacial score (nSPS) is 23.1. The third kappa shape index (κ3) is 3.19. The molecule has 0 bridgehead atoms. The zero-order chi connectivity index (χ0) is 12.8. The van der Waals surface area contributed by atoms with Crippen LogP contribution >= 0.6 is 0 Å². The molecule has 1 N–H and O–H groups in total. The minimum Gasteiger partial charge on any atom is -0.481 e. The molecule has 0 fully saturated rings. The zero-order valence-electron chi connectivity index (χ0n) is 10.1. The molecule has 17 heavy (non-hydrogen) atoms. The molecule has 1 rings (SSSR count). The van der Waals surface area contributed by atoms with Crippen LogP contribution in [-0.2, 0) is 9.59 Å². The number of hydrogen-bond donors (Lipinski definition) is 1. The van der Waals surface area contributed by atoms with Crippen LogP contribution in [0, 0.1) is 11.8 Å². The molecule has 2 unspecified atom stereocenters. The summed E-state index contributed by atoms with van der Waals surface area (Å²) in [6.07, 6.45) is 6.35. The van der Waals surface area contributed by atoms with Crippen molar-refractivity contribution in [2.45, 2.75) is 19.8 Å². The second-order valence-electron chi connectivity index (χ2n) is 4.16. The van der Waals surface area contributed by atoms with Crippen LogP contribution in [0.5, 0.6) is 0 Å². The molecule has 0 heterocycles. The van der Waals surface area contributed by atoms with Gasteiger partial charge in [0.05, 0.1) is 11.8 Å². The summed E-state index contributed by atoms with van der Waals surface area (Å²) in [4.78, 5) is 25.0. The van der Waals surface area contributed by atoms with E-state index < -0.39 is 17.8 Å². The molecule has 0 spiro atoms. The number of aliphatic carboxylic acids is 1. The molecule has 0 aromatic carbocycles. The van der Waals surface area contributed by atoms with Crippen LogP contribution in [0.4, 0.5) is 0 Å². The summed E-state index contributed by atoms with van der Waals surface area (Å²) in [6.45, 7) is 6.55. The Hall–Kier alpha value is -1.58. The summed E-state index contributed by atoms with van der Waals surface area (Å²) >= 11 is 0. The lowest BCUT2D eigenvalue weighted by atomic mass is 9.82. The van der Waals surface area contributed by atoms with E-state index in [1.165, 1.54) is 0 Å². The largest absolute Gasteiger partial charge is 0.481 e. The highest BCUT2D eigenvalue weighted by atomic mass is 16.4. The molecule has 1 aliphatic carbocycles. The first kappa shape index (κ1) is 13.5. The fourth-order valence-corrected chi connectivity index (χ4v) is 2.13. The van der Waals surface area contributed by atoms with Gasteiger partial charge >= 0.3 is 5.97 Å². The van der Waals surface area contributed by atoms with Gasteiger partial charge in [-0.1, -0.05) is 18.2 Å². The van der Waals surface area contributed by atoms with Gasteiger partial charge in [-0.2, -0.15) is 0 Å². The fraction of sp³-hybridized carbons (Fsp3) is 0.538. The molecule has 4 heteroatoms. The average molecular weight is 237 g/mol. The average Bonchev–Trinajstić information content (AvgIpc) is 2.35. The van der Waals surface area contributed by atoms with Crippen molar-refractivity contribution in [3.05, 3.63) is 24.8 Å². The topological polar surface area (TPSA) is 57.6 Å². The first-order valence-corrected chi connectivity index (χ1v) is 5.89. The number of amides is 1. The van der Waals surface area contributed by atoms with Crippen molar-refractivity contribution >= 4 is 11.9 Å². The van der Waals surface area contributed by atoms with E-state index in [4.69, 9.17) is 5.11 Å². The van der Waals surface area contributed by atoms with E-state index in [2.05, 4.69) is 6.58 Å². The highest BCUT2D eigenvalue weighted by Gasteiger charge is 2.35. The Morgan fingerprint density at radius 3 is 2.47 bits per heavy atom. The Balaban J connectivity index is 2.81. The molecule has 0 aromatic rings. The standard InChI is InChI=1S/C13H19NO3/c1-3-9-14(4-2)12(15)10-7-5-6-8-11(10)13(16)17/h3,5-6,10-11H,1,4,7-9H2,2H3,(H,16,17). The van der Waals surface area contributed by atoms with Gasteiger partial charge in [0, 0.05) is 13.1 Å². The fourth-order valence-electron chi connectivity index (χ4n) is 2.13. The van der Waals surface area contributed by atoms with Crippen LogP contribution in [0.3, 0.4) is 0 Å². The molecule has 0 saturated heterocycles. The number of carbonyl (C=O) groups is 2. The van der Waals surface area contributed by atoms with Crippen LogP contribution in [0.25, 0.3) is 0 Å². The van der Waals surface area contributed by atoms with Crippen LogP contribution < -0.4 is 0 Å². The van der Waals surface area contributed by atoms with Gasteiger partial charge in [0.2, 0.25) is 5.91 Å². The van der Waals surface area contributed by atoms with Gasteiger partial charge in [-0.3, -0.25) is 9.59 Å². The highest BCUT2D eigenvalue weighted by molar-refractivity contribution is 5.85. The van der Waals surface area contributed by atoms with Gasteiger partial charge in [-0.25, -0.2) is 0 Å². The maximum absolute atomic E-state index is 12.2. The predicted molar refractivity (Wildman–Crippen MR) is 65.4 cm³/mol. The van der Waals surface area contributed by atoms with Crippen molar-refractivity contribution in [1.29, 1.82) is 0 Å². The van der Waals surface area contributed by atoms with E-state index in [0.717, 1.165) is 0 Å². The number of nitrogens with zero attached hydrogens (tertiary/aromatic N) is 1. The van der Waals surface area contributed by atoms with Gasteiger partial charge in [0.25, 0.3) is 0 Å². The predicted octanol–water partition coefficient (Wildman–Crippen LogP) is 1.69. The zero-order valence-corrected chi connectivity index (χ0v) is 10.1. The van der Waals surface area contributed by atoms with Gasteiger partial charge in [0.1, 0.15) is 0 Å². The number of carboxylic acids is 1. The van der Waals surface area contributed by atoms with Gasteiger partial charge < -0.3 is 10.0 Å². The minimum atomic E-state index is -0.887. The molecule has 0 saturated carbocycles. The van der Waals surface area contributed by atoms with E-state index in [1.807, 2.05) is 19.1 Å². The smallest absolute Gasteiger partial charge is 0.307 e. The number of rotatable bonds is 5. The maximum atomic E-state index is 12.2. The highest BCUT2D eigenvalue weighted by Crippen LogP contribution is 2.27. The Morgan fingerprint density at radius 2 is 2.00 bits per heavy atom. The summed E-state index contributed by atoms with van der Waals surface area (Å²) in [5.74, 6) is -1.99. The third-order valence-electron chi connectivity index (χ3n) is 3.11. The van der Waals surface area contributed by atoms with E-state index in [0.29, 0.717) is 25.9 Å². The lowest BCUT2D eigenvalue weighted by molar-refractivity contribution is -0.150. The summed E-state index contributed by atoms with van der Waals surface area (Å²) in [6, 6.07) is 0. The van der Waals surface area contributed by atoms with Gasteiger partial charge in [-0.15, -0.1) is 6.58 Å².